The second kappa shape index (κ2) is 5.69. The third-order valence-corrected chi connectivity index (χ3v) is 1.91. The molecule has 0 spiro atoms. The maximum absolute atomic E-state index is 9.23. The van der Waals surface area contributed by atoms with Crippen LogP contribution in [0.15, 0.2) is 0 Å². The van der Waals surface area contributed by atoms with Crippen LogP contribution in [-0.2, 0) is 0 Å². The van der Waals surface area contributed by atoms with E-state index in [4.69, 9.17) is 5.73 Å². The van der Waals surface area contributed by atoms with Gasteiger partial charge in [-0.1, -0.05) is 26.7 Å². The third kappa shape index (κ3) is 3.85. The lowest BCUT2D eigenvalue weighted by atomic mass is 9.98. The monoisotopic (exact) mass is 145 g/mol. The molecule has 2 atom stereocenters. The Morgan fingerprint density at radius 1 is 1.50 bits per heavy atom. The summed E-state index contributed by atoms with van der Waals surface area (Å²) in [7, 11) is 0. The lowest BCUT2D eigenvalue weighted by Gasteiger charge is -2.15. The summed E-state index contributed by atoms with van der Waals surface area (Å²) >= 11 is 0. The largest absolute Gasteiger partial charge is 0.392 e. The second-order valence-electron chi connectivity index (χ2n) is 2.92. The average Bonchev–Trinajstić information content (AvgIpc) is 1.98. The lowest BCUT2D eigenvalue weighted by molar-refractivity contribution is 0.118. The molecule has 0 aliphatic rings. The molecule has 0 radical (unpaired) electrons. The van der Waals surface area contributed by atoms with Gasteiger partial charge in [-0.05, 0) is 12.3 Å². The third-order valence-electron chi connectivity index (χ3n) is 1.91. The molecule has 2 heteroatoms. The molecule has 3 N–H and O–H groups in total. The van der Waals surface area contributed by atoms with Crippen molar-refractivity contribution >= 4 is 0 Å². The zero-order chi connectivity index (χ0) is 7.98. The van der Waals surface area contributed by atoms with Gasteiger partial charge >= 0.3 is 0 Å². The van der Waals surface area contributed by atoms with E-state index < -0.39 is 0 Å². The number of rotatable bonds is 5. The van der Waals surface area contributed by atoms with E-state index in [1.165, 1.54) is 12.8 Å². The van der Waals surface area contributed by atoms with Crippen LogP contribution in [0.25, 0.3) is 0 Å². The molecule has 62 valence electrons. The lowest BCUT2D eigenvalue weighted by Crippen LogP contribution is -2.26. The van der Waals surface area contributed by atoms with Gasteiger partial charge in [0, 0.05) is 6.54 Å². The van der Waals surface area contributed by atoms with Crippen molar-refractivity contribution in [2.75, 3.05) is 6.54 Å². The maximum atomic E-state index is 9.23. The van der Waals surface area contributed by atoms with Crippen molar-refractivity contribution in [3.05, 3.63) is 0 Å². The van der Waals surface area contributed by atoms with Crippen LogP contribution >= 0.6 is 0 Å². The number of hydrogen-bond donors (Lipinski definition) is 2. The summed E-state index contributed by atoms with van der Waals surface area (Å²) < 4.78 is 0. The van der Waals surface area contributed by atoms with Gasteiger partial charge in [0.05, 0.1) is 6.10 Å². The maximum Gasteiger partial charge on any atom is 0.0687 e. The SMILES string of the molecule is CCCCC(C)C(O)CN. The molecule has 0 aliphatic heterocycles. The number of unbranched alkanes of at least 4 members (excludes halogenated alkanes) is 1. The quantitative estimate of drug-likeness (QED) is 0.609. The van der Waals surface area contributed by atoms with Crippen LogP contribution in [0.3, 0.4) is 0 Å². The van der Waals surface area contributed by atoms with Crippen LogP contribution in [0.2, 0.25) is 0 Å². The van der Waals surface area contributed by atoms with E-state index >= 15 is 0 Å². The summed E-state index contributed by atoms with van der Waals surface area (Å²) in [6.07, 6.45) is 3.18. The van der Waals surface area contributed by atoms with Crippen LogP contribution in [0, 0.1) is 5.92 Å². The zero-order valence-electron chi connectivity index (χ0n) is 7.01. The van der Waals surface area contributed by atoms with Gasteiger partial charge in [0.15, 0.2) is 0 Å². The molecule has 0 aromatic heterocycles. The highest BCUT2D eigenvalue weighted by molar-refractivity contribution is 4.64. The Balaban J connectivity index is 3.31. The molecule has 0 aromatic carbocycles. The Hall–Kier alpha value is -0.0800. The second-order valence-corrected chi connectivity index (χ2v) is 2.92. The van der Waals surface area contributed by atoms with Gasteiger partial charge in [-0.25, -0.2) is 0 Å². The summed E-state index contributed by atoms with van der Waals surface area (Å²) in [6, 6.07) is 0. The van der Waals surface area contributed by atoms with Crippen molar-refractivity contribution in [1.82, 2.24) is 0 Å². The predicted octanol–water partition coefficient (Wildman–Crippen LogP) is 1.13. The highest BCUT2D eigenvalue weighted by Crippen LogP contribution is 2.10. The van der Waals surface area contributed by atoms with E-state index in [0.717, 1.165) is 6.42 Å². The van der Waals surface area contributed by atoms with Crippen molar-refractivity contribution in [3.8, 4) is 0 Å². The van der Waals surface area contributed by atoms with E-state index in [0.29, 0.717) is 12.5 Å². The summed E-state index contributed by atoms with van der Waals surface area (Å²) in [6.45, 7) is 4.60. The molecule has 0 aromatic rings. The van der Waals surface area contributed by atoms with Crippen molar-refractivity contribution < 1.29 is 5.11 Å². The van der Waals surface area contributed by atoms with Crippen LogP contribution in [-0.4, -0.2) is 17.8 Å². The molecule has 2 unspecified atom stereocenters. The smallest absolute Gasteiger partial charge is 0.0687 e. The molecule has 0 fully saturated rings. The van der Waals surface area contributed by atoms with Gasteiger partial charge in [-0.15, -0.1) is 0 Å². The van der Waals surface area contributed by atoms with Gasteiger partial charge in [-0.2, -0.15) is 0 Å². The average molecular weight is 145 g/mol. The highest BCUT2D eigenvalue weighted by atomic mass is 16.3. The minimum atomic E-state index is -0.299. The first-order chi connectivity index (χ1) is 4.72. The van der Waals surface area contributed by atoms with E-state index in [2.05, 4.69) is 6.92 Å². The number of hydrogen-bond acceptors (Lipinski definition) is 2. The Morgan fingerprint density at radius 3 is 2.50 bits per heavy atom. The van der Waals surface area contributed by atoms with Crippen LogP contribution < -0.4 is 5.73 Å². The molecule has 0 saturated heterocycles. The standard InChI is InChI=1S/C8H19NO/c1-3-4-5-7(2)8(10)6-9/h7-8,10H,3-6,9H2,1-2H3. The predicted molar refractivity (Wildman–Crippen MR) is 43.8 cm³/mol. The molecule has 10 heavy (non-hydrogen) atoms. The van der Waals surface area contributed by atoms with Gasteiger partial charge in [0.25, 0.3) is 0 Å². The van der Waals surface area contributed by atoms with Gasteiger partial charge in [-0.3, -0.25) is 0 Å². The number of aliphatic hydroxyl groups is 1. The first-order valence-corrected chi connectivity index (χ1v) is 4.10. The first kappa shape index (κ1) is 9.92. The normalized spacial score (nSPS) is 16.8. The summed E-state index contributed by atoms with van der Waals surface area (Å²) in [4.78, 5) is 0. The fraction of sp³-hybridized carbons (Fsp3) is 1.00. The van der Waals surface area contributed by atoms with Crippen LogP contribution in [0.1, 0.15) is 33.1 Å². The van der Waals surface area contributed by atoms with Crippen molar-refractivity contribution in [1.29, 1.82) is 0 Å². The molecule has 0 saturated carbocycles. The molecule has 2 nitrogen and oxygen atoms in total. The number of aliphatic hydroxyl groups excluding tert-OH is 1. The van der Waals surface area contributed by atoms with Crippen molar-refractivity contribution in [2.45, 2.75) is 39.2 Å². The van der Waals surface area contributed by atoms with E-state index in [9.17, 15) is 5.11 Å². The molecule has 0 rings (SSSR count). The van der Waals surface area contributed by atoms with Gasteiger partial charge in [0.2, 0.25) is 0 Å². The Kier molecular flexibility index (Phi) is 5.64. The molecule has 0 bridgehead atoms. The fourth-order valence-corrected chi connectivity index (χ4v) is 0.951. The van der Waals surface area contributed by atoms with Crippen molar-refractivity contribution in [2.24, 2.45) is 11.7 Å². The molecular weight excluding hydrogens is 126 g/mol. The minimum absolute atomic E-state index is 0.299. The summed E-state index contributed by atoms with van der Waals surface area (Å²) in [5.74, 6) is 0.366. The Bertz CT molecular complexity index is 75.7. The van der Waals surface area contributed by atoms with E-state index in [1.807, 2.05) is 6.92 Å². The zero-order valence-corrected chi connectivity index (χ0v) is 7.01. The summed E-state index contributed by atoms with van der Waals surface area (Å²) in [5, 5.41) is 9.23. The van der Waals surface area contributed by atoms with Crippen LogP contribution in [0.5, 0.6) is 0 Å². The van der Waals surface area contributed by atoms with Gasteiger partial charge in [0.1, 0.15) is 0 Å². The van der Waals surface area contributed by atoms with E-state index in [-0.39, 0.29) is 6.10 Å². The Labute approximate surface area is 63.4 Å². The van der Waals surface area contributed by atoms with E-state index in [1.54, 1.807) is 0 Å². The summed E-state index contributed by atoms with van der Waals surface area (Å²) in [5.41, 5.74) is 5.29. The molecular formula is C8H19NO. The van der Waals surface area contributed by atoms with Gasteiger partial charge < -0.3 is 10.8 Å². The fourth-order valence-electron chi connectivity index (χ4n) is 0.951. The number of nitrogens with two attached hydrogens (primary N) is 1. The highest BCUT2D eigenvalue weighted by Gasteiger charge is 2.10. The molecule has 0 heterocycles. The van der Waals surface area contributed by atoms with Crippen molar-refractivity contribution in [3.63, 3.8) is 0 Å². The van der Waals surface area contributed by atoms with Crippen LogP contribution in [0.4, 0.5) is 0 Å². The molecule has 0 aliphatic carbocycles. The Morgan fingerprint density at radius 2 is 2.10 bits per heavy atom. The first-order valence-electron chi connectivity index (χ1n) is 4.10. The topological polar surface area (TPSA) is 46.2 Å². The molecule has 0 amide bonds. The minimum Gasteiger partial charge on any atom is -0.392 e.